The van der Waals surface area contributed by atoms with Crippen LogP contribution in [-0.4, -0.2) is 12.2 Å². The molecule has 0 heterocycles. The van der Waals surface area contributed by atoms with Crippen molar-refractivity contribution < 1.29 is 5.11 Å². The van der Waals surface area contributed by atoms with Crippen LogP contribution < -0.4 is 5.32 Å². The van der Waals surface area contributed by atoms with Gasteiger partial charge in [0, 0.05) is 9.61 Å². The highest BCUT2D eigenvalue weighted by Gasteiger charge is 2.16. The largest absolute Gasteiger partial charge is 0.506 e. The molecule has 2 N–H and O–H groups in total. The molecule has 0 unspecified atom stereocenters. The Labute approximate surface area is 125 Å². The van der Waals surface area contributed by atoms with Gasteiger partial charge in [0.2, 0.25) is 0 Å². The average molecular weight is 529 g/mol. The van der Waals surface area contributed by atoms with Gasteiger partial charge >= 0.3 is 0 Å². The minimum absolute atomic E-state index is 0.261. The number of halogens is 3. The number of hydrogen-bond acceptors (Lipinski definition) is 2. The fourth-order valence-corrected chi connectivity index (χ4v) is 5.44. The molecule has 2 nitrogen and oxygen atoms in total. The van der Waals surface area contributed by atoms with Gasteiger partial charge in [0.15, 0.2) is 0 Å². The Morgan fingerprint density at radius 1 is 1.29 bits per heavy atom. The predicted octanol–water partition coefficient (Wildman–Crippen LogP) is 3.49. The van der Waals surface area contributed by atoms with Crippen LogP contribution in [0.1, 0.15) is 18.5 Å². The topological polar surface area (TPSA) is 32.3 Å². The summed E-state index contributed by atoms with van der Waals surface area (Å²) in [5.74, 6) is 0.392. The SMILES string of the molecule is CN[C@@H](C)c1c(I)cc(I)c(O)c1I. The Hall–Kier alpha value is 1.17. The molecule has 0 bridgehead atoms. The third-order valence-corrected chi connectivity index (χ3v) is 4.85. The van der Waals surface area contributed by atoms with Crippen LogP contribution in [0.15, 0.2) is 6.07 Å². The molecule has 0 aliphatic rings. The highest BCUT2D eigenvalue weighted by molar-refractivity contribution is 14.1. The first-order chi connectivity index (χ1) is 6.49. The van der Waals surface area contributed by atoms with Crippen molar-refractivity contribution in [2.45, 2.75) is 13.0 Å². The van der Waals surface area contributed by atoms with E-state index in [0.29, 0.717) is 5.75 Å². The molecule has 0 aromatic heterocycles. The van der Waals surface area contributed by atoms with Crippen LogP contribution in [0.2, 0.25) is 0 Å². The summed E-state index contributed by atoms with van der Waals surface area (Å²) in [5.41, 5.74) is 1.17. The van der Waals surface area contributed by atoms with E-state index < -0.39 is 0 Å². The Morgan fingerprint density at radius 3 is 2.36 bits per heavy atom. The second kappa shape index (κ2) is 5.48. The van der Waals surface area contributed by atoms with Crippen LogP contribution in [0.25, 0.3) is 0 Å². The average Bonchev–Trinajstić information content (AvgIpc) is 2.14. The summed E-state index contributed by atoms with van der Waals surface area (Å²) in [6.45, 7) is 2.09. The molecule has 0 spiro atoms. The Bertz CT molecular complexity index is 354. The summed E-state index contributed by atoms with van der Waals surface area (Å²) in [5, 5.41) is 13.0. The minimum Gasteiger partial charge on any atom is -0.506 e. The molecule has 78 valence electrons. The van der Waals surface area contributed by atoms with E-state index in [1.165, 1.54) is 9.13 Å². The number of hydrogen-bond donors (Lipinski definition) is 2. The van der Waals surface area contributed by atoms with Gasteiger partial charge in [-0.25, -0.2) is 0 Å². The summed E-state index contributed by atoms with van der Waals surface area (Å²) in [6, 6.07) is 2.26. The van der Waals surface area contributed by atoms with Gasteiger partial charge in [-0.3, -0.25) is 0 Å². The van der Waals surface area contributed by atoms with Crippen molar-refractivity contribution >= 4 is 67.8 Å². The van der Waals surface area contributed by atoms with Gasteiger partial charge < -0.3 is 10.4 Å². The molecule has 14 heavy (non-hydrogen) atoms. The smallest absolute Gasteiger partial charge is 0.142 e. The van der Waals surface area contributed by atoms with Gasteiger partial charge in [-0.2, -0.15) is 0 Å². The van der Waals surface area contributed by atoms with E-state index in [9.17, 15) is 5.11 Å². The quantitative estimate of drug-likeness (QED) is 0.576. The molecular weight excluding hydrogens is 519 g/mol. The molecule has 1 rings (SSSR count). The summed E-state index contributed by atoms with van der Waals surface area (Å²) in [7, 11) is 1.92. The maximum absolute atomic E-state index is 9.81. The number of rotatable bonds is 2. The van der Waals surface area contributed by atoms with Gasteiger partial charge in [0.05, 0.1) is 7.14 Å². The molecule has 0 amide bonds. The number of phenols is 1. The highest BCUT2D eigenvalue weighted by atomic mass is 127. The Morgan fingerprint density at radius 2 is 1.86 bits per heavy atom. The number of aromatic hydroxyl groups is 1. The summed E-state index contributed by atoms with van der Waals surface area (Å²) in [6.07, 6.45) is 0. The normalized spacial score (nSPS) is 12.9. The molecule has 1 aromatic carbocycles. The zero-order valence-electron chi connectivity index (χ0n) is 7.74. The third-order valence-electron chi connectivity index (χ3n) is 2.05. The number of nitrogens with one attached hydrogen (secondary N) is 1. The fraction of sp³-hybridized carbons (Fsp3) is 0.333. The Balaban J connectivity index is 3.36. The lowest BCUT2D eigenvalue weighted by atomic mass is 10.1. The molecule has 0 saturated heterocycles. The maximum Gasteiger partial charge on any atom is 0.142 e. The third kappa shape index (κ3) is 2.64. The van der Waals surface area contributed by atoms with Gasteiger partial charge in [-0.15, -0.1) is 0 Å². The molecule has 5 heteroatoms. The molecule has 0 aliphatic carbocycles. The van der Waals surface area contributed by atoms with E-state index in [2.05, 4.69) is 80.0 Å². The van der Waals surface area contributed by atoms with E-state index >= 15 is 0 Å². The standard InChI is InChI=1S/C9H10I3NO/c1-4(13-2)7-5(10)3-6(11)9(14)8(7)12/h3-4,13-14H,1-2H3/t4-/m0/s1. The van der Waals surface area contributed by atoms with E-state index in [4.69, 9.17) is 0 Å². The molecule has 0 fully saturated rings. The van der Waals surface area contributed by atoms with Gasteiger partial charge in [-0.1, -0.05) is 0 Å². The predicted molar refractivity (Wildman–Crippen MR) is 83.7 cm³/mol. The highest BCUT2D eigenvalue weighted by Crippen LogP contribution is 2.35. The molecule has 0 saturated carbocycles. The van der Waals surface area contributed by atoms with Crippen molar-refractivity contribution in [3.63, 3.8) is 0 Å². The monoisotopic (exact) mass is 529 g/mol. The molecular formula is C9H10I3NO. The van der Waals surface area contributed by atoms with Crippen LogP contribution in [0.3, 0.4) is 0 Å². The second-order valence-corrected chi connectivity index (χ2v) is 6.33. The van der Waals surface area contributed by atoms with E-state index in [1.807, 2.05) is 13.1 Å². The van der Waals surface area contributed by atoms with Crippen LogP contribution >= 0.6 is 67.8 Å². The second-order valence-electron chi connectivity index (χ2n) is 2.93. The molecule has 0 aliphatic heterocycles. The van der Waals surface area contributed by atoms with E-state index in [-0.39, 0.29) is 6.04 Å². The molecule has 0 radical (unpaired) electrons. The van der Waals surface area contributed by atoms with Crippen LogP contribution in [0, 0.1) is 10.7 Å². The van der Waals surface area contributed by atoms with E-state index in [1.54, 1.807) is 0 Å². The molecule has 1 atom stereocenters. The summed E-state index contributed by atoms with van der Waals surface area (Å²) >= 11 is 6.65. The van der Waals surface area contributed by atoms with Crippen molar-refractivity contribution in [3.8, 4) is 5.75 Å². The van der Waals surface area contributed by atoms with Crippen molar-refractivity contribution in [1.82, 2.24) is 5.32 Å². The van der Waals surface area contributed by atoms with E-state index in [0.717, 1.165) is 7.14 Å². The van der Waals surface area contributed by atoms with Gasteiger partial charge in [0.25, 0.3) is 0 Å². The van der Waals surface area contributed by atoms with Crippen molar-refractivity contribution in [2.75, 3.05) is 7.05 Å². The summed E-state index contributed by atoms with van der Waals surface area (Å²) in [4.78, 5) is 0. The first kappa shape index (κ1) is 13.2. The number of benzene rings is 1. The van der Waals surface area contributed by atoms with Gasteiger partial charge in [-0.05, 0) is 93.4 Å². The minimum atomic E-state index is 0.261. The van der Waals surface area contributed by atoms with Crippen LogP contribution in [0.4, 0.5) is 0 Å². The lowest BCUT2D eigenvalue weighted by molar-refractivity contribution is 0.464. The van der Waals surface area contributed by atoms with Crippen molar-refractivity contribution in [2.24, 2.45) is 0 Å². The lowest BCUT2D eigenvalue weighted by Crippen LogP contribution is -2.15. The Kier molecular flexibility index (Phi) is 5.18. The maximum atomic E-state index is 9.81. The first-order valence-corrected chi connectivity index (χ1v) is 7.26. The van der Waals surface area contributed by atoms with Crippen LogP contribution in [0.5, 0.6) is 5.75 Å². The fourth-order valence-electron chi connectivity index (χ4n) is 1.14. The zero-order chi connectivity index (χ0) is 10.9. The van der Waals surface area contributed by atoms with Crippen molar-refractivity contribution in [1.29, 1.82) is 0 Å². The van der Waals surface area contributed by atoms with Crippen LogP contribution in [-0.2, 0) is 0 Å². The summed E-state index contributed by atoms with van der Waals surface area (Å²) < 4.78 is 3.04. The van der Waals surface area contributed by atoms with Crippen molar-refractivity contribution in [3.05, 3.63) is 22.3 Å². The zero-order valence-corrected chi connectivity index (χ0v) is 14.2. The lowest BCUT2D eigenvalue weighted by Gasteiger charge is -2.16. The molecule has 1 aromatic rings. The first-order valence-electron chi connectivity index (χ1n) is 4.02. The number of phenolic OH excluding ortho intramolecular Hbond substituents is 1. The van der Waals surface area contributed by atoms with Gasteiger partial charge in [0.1, 0.15) is 5.75 Å².